The van der Waals surface area contributed by atoms with Crippen LogP contribution in [0.4, 0.5) is 0 Å². The first-order valence-electron chi connectivity index (χ1n) is 10.4. The van der Waals surface area contributed by atoms with Crippen molar-refractivity contribution in [3.8, 4) is 0 Å². The first-order valence-corrected chi connectivity index (χ1v) is 10.4. The number of imide groups is 2. The van der Waals surface area contributed by atoms with Crippen LogP contribution in [0, 0.1) is 0 Å². The number of hydrogen-bond acceptors (Lipinski definition) is 8. The standard InChI is InChI=1S/C21H27N3O8/c25-16(7-10-23-18(27)3-4-19(23)28)2-1-12-31-14-15-32-13-9-22-17(26)8-11-24-20(29)5-6-21(24)30/h3-6H,1-2,7-15H2,(H,22,26). The molecule has 0 saturated heterocycles. The molecule has 0 aromatic carbocycles. The minimum atomic E-state index is -0.414. The van der Waals surface area contributed by atoms with Crippen LogP contribution in [0.3, 0.4) is 0 Å². The molecule has 0 saturated carbocycles. The number of Topliss-reactive ketones (excluding diaryl/α,β-unsaturated/α-hetero) is 1. The number of ether oxygens (including phenoxy) is 2. The van der Waals surface area contributed by atoms with Crippen LogP contribution in [0.5, 0.6) is 0 Å². The second-order valence-electron chi connectivity index (χ2n) is 7.04. The number of carbonyl (C=O) groups excluding carboxylic acids is 6. The molecule has 0 aromatic rings. The van der Waals surface area contributed by atoms with Crippen molar-refractivity contribution in [2.45, 2.75) is 25.7 Å². The van der Waals surface area contributed by atoms with E-state index in [4.69, 9.17) is 9.47 Å². The van der Waals surface area contributed by atoms with Gasteiger partial charge in [0, 0.05) is 69.8 Å². The van der Waals surface area contributed by atoms with E-state index in [-0.39, 0.29) is 37.6 Å². The van der Waals surface area contributed by atoms with Crippen LogP contribution in [0.2, 0.25) is 0 Å². The van der Waals surface area contributed by atoms with Crippen molar-refractivity contribution in [1.29, 1.82) is 0 Å². The van der Waals surface area contributed by atoms with Crippen molar-refractivity contribution in [1.82, 2.24) is 15.1 Å². The summed E-state index contributed by atoms with van der Waals surface area (Å²) in [6.07, 6.45) is 5.74. The van der Waals surface area contributed by atoms with Gasteiger partial charge in [0.1, 0.15) is 5.78 Å². The lowest BCUT2D eigenvalue weighted by Crippen LogP contribution is -2.35. The normalized spacial score (nSPS) is 15.4. The van der Waals surface area contributed by atoms with E-state index in [0.29, 0.717) is 45.8 Å². The first kappa shape index (κ1) is 25.1. The molecule has 11 nitrogen and oxygen atoms in total. The summed E-state index contributed by atoms with van der Waals surface area (Å²) >= 11 is 0. The van der Waals surface area contributed by atoms with Crippen LogP contribution < -0.4 is 5.32 Å². The second kappa shape index (κ2) is 13.3. The van der Waals surface area contributed by atoms with Crippen LogP contribution in [0.15, 0.2) is 24.3 Å². The lowest BCUT2D eigenvalue weighted by Gasteiger charge is -2.13. The maximum Gasteiger partial charge on any atom is 0.253 e. The summed E-state index contributed by atoms with van der Waals surface area (Å²) in [4.78, 5) is 71.1. The van der Waals surface area contributed by atoms with Gasteiger partial charge >= 0.3 is 0 Å². The number of amides is 5. The monoisotopic (exact) mass is 449 g/mol. The molecule has 0 aromatic heterocycles. The van der Waals surface area contributed by atoms with E-state index < -0.39 is 23.6 Å². The molecule has 0 spiro atoms. The third-order valence-electron chi connectivity index (χ3n) is 4.66. The molecule has 0 atom stereocenters. The Labute approximate surface area is 185 Å². The van der Waals surface area contributed by atoms with Crippen LogP contribution in [0.1, 0.15) is 25.7 Å². The van der Waals surface area contributed by atoms with Gasteiger partial charge in [-0.1, -0.05) is 0 Å². The Bertz CT molecular complexity index is 703. The zero-order valence-corrected chi connectivity index (χ0v) is 17.7. The fourth-order valence-corrected chi connectivity index (χ4v) is 2.92. The van der Waals surface area contributed by atoms with Crippen molar-refractivity contribution >= 4 is 35.3 Å². The highest BCUT2D eigenvalue weighted by atomic mass is 16.5. The summed E-state index contributed by atoms with van der Waals surface area (Å²) in [5, 5.41) is 2.64. The molecule has 174 valence electrons. The molecule has 32 heavy (non-hydrogen) atoms. The van der Waals surface area contributed by atoms with Crippen LogP contribution >= 0.6 is 0 Å². The van der Waals surface area contributed by atoms with E-state index in [2.05, 4.69) is 5.32 Å². The third-order valence-corrected chi connectivity index (χ3v) is 4.66. The number of ketones is 1. The van der Waals surface area contributed by atoms with Gasteiger partial charge in [-0.25, -0.2) is 0 Å². The zero-order valence-electron chi connectivity index (χ0n) is 17.7. The fraction of sp³-hybridized carbons (Fsp3) is 0.524. The van der Waals surface area contributed by atoms with Gasteiger partial charge in [0.15, 0.2) is 0 Å². The summed E-state index contributed by atoms with van der Waals surface area (Å²) < 4.78 is 10.7. The molecule has 2 aliphatic rings. The summed E-state index contributed by atoms with van der Waals surface area (Å²) in [7, 11) is 0. The molecule has 2 aliphatic heterocycles. The average molecular weight is 449 g/mol. The Morgan fingerprint density at radius 1 is 0.688 bits per heavy atom. The van der Waals surface area contributed by atoms with Crippen LogP contribution in [-0.2, 0) is 38.2 Å². The summed E-state index contributed by atoms with van der Waals surface area (Å²) in [6.45, 7) is 1.79. The SMILES string of the molecule is O=C(CCCOCCOCCNC(=O)CCN1C(=O)C=CC1=O)CCN1C(=O)C=CC1=O. The highest BCUT2D eigenvalue weighted by molar-refractivity contribution is 6.13. The van der Waals surface area contributed by atoms with Gasteiger partial charge in [0.05, 0.1) is 19.8 Å². The minimum Gasteiger partial charge on any atom is -0.379 e. The van der Waals surface area contributed by atoms with Gasteiger partial charge < -0.3 is 14.8 Å². The highest BCUT2D eigenvalue weighted by Gasteiger charge is 2.24. The summed E-state index contributed by atoms with van der Waals surface area (Å²) in [5.41, 5.74) is 0. The number of nitrogens with one attached hydrogen (secondary N) is 1. The van der Waals surface area contributed by atoms with E-state index in [1.165, 1.54) is 24.3 Å². The van der Waals surface area contributed by atoms with E-state index >= 15 is 0 Å². The van der Waals surface area contributed by atoms with Crippen LogP contribution in [-0.4, -0.2) is 91.2 Å². The molecule has 2 rings (SSSR count). The van der Waals surface area contributed by atoms with Gasteiger partial charge in [-0.15, -0.1) is 0 Å². The Hall–Kier alpha value is -3.18. The highest BCUT2D eigenvalue weighted by Crippen LogP contribution is 2.06. The number of rotatable bonds is 16. The molecule has 1 N–H and O–H groups in total. The molecular weight excluding hydrogens is 422 g/mol. The maximum absolute atomic E-state index is 11.8. The van der Waals surface area contributed by atoms with Gasteiger partial charge in [-0.3, -0.25) is 38.6 Å². The topological polar surface area (TPSA) is 139 Å². The molecule has 0 fully saturated rings. The Morgan fingerprint density at radius 3 is 1.75 bits per heavy atom. The molecule has 5 amide bonds. The van der Waals surface area contributed by atoms with Gasteiger partial charge in [0.2, 0.25) is 5.91 Å². The molecule has 0 unspecified atom stereocenters. The number of nitrogens with zero attached hydrogens (tertiary/aromatic N) is 2. The minimum absolute atomic E-state index is 0.0303. The quantitative estimate of drug-likeness (QED) is 0.237. The zero-order chi connectivity index (χ0) is 23.3. The molecular formula is C21H27N3O8. The van der Waals surface area contributed by atoms with E-state index in [1.54, 1.807) is 0 Å². The predicted molar refractivity (Wildman–Crippen MR) is 110 cm³/mol. The van der Waals surface area contributed by atoms with Gasteiger partial charge in [-0.05, 0) is 6.42 Å². The second-order valence-corrected chi connectivity index (χ2v) is 7.04. The van der Waals surface area contributed by atoms with Crippen molar-refractivity contribution in [2.75, 3.05) is 46.1 Å². The summed E-state index contributed by atoms with van der Waals surface area (Å²) in [6, 6.07) is 0. The van der Waals surface area contributed by atoms with Crippen molar-refractivity contribution in [3.63, 3.8) is 0 Å². The molecule has 2 heterocycles. The summed E-state index contributed by atoms with van der Waals surface area (Å²) in [5.74, 6) is -1.93. The smallest absolute Gasteiger partial charge is 0.253 e. The number of hydrogen-bond donors (Lipinski definition) is 1. The first-order chi connectivity index (χ1) is 15.4. The van der Waals surface area contributed by atoms with E-state index in [9.17, 15) is 28.8 Å². The van der Waals surface area contributed by atoms with E-state index in [0.717, 1.165) is 9.80 Å². The van der Waals surface area contributed by atoms with E-state index in [1.807, 2.05) is 0 Å². The van der Waals surface area contributed by atoms with Crippen LogP contribution in [0.25, 0.3) is 0 Å². The fourth-order valence-electron chi connectivity index (χ4n) is 2.92. The maximum atomic E-state index is 11.8. The third kappa shape index (κ3) is 8.52. The van der Waals surface area contributed by atoms with Crippen molar-refractivity contribution in [2.24, 2.45) is 0 Å². The Kier molecular flexibility index (Phi) is 10.4. The van der Waals surface area contributed by atoms with Crippen molar-refractivity contribution in [3.05, 3.63) is 24.3 Å². The van der Waals surface area contributed by atoms with Crippen molar-refractivity contribution < 1.29 is 38.2 Å². The molecule has 0 radical (unpaired) electrons. The predicted octanol–water partition coefficient (Wildman–Crippen LogP) is -0.885. The molecule has 0 bridgehead atoms. The van der Waals surface area contributed by atoms with Gasteiger partial charge in [0.25, 0.3) is 23.6 Å². The average Bonchev–Trinajstić information content (AvgIpc) is 3.26. The van der Waals surface area contributed by atoms with Gasteiger partial charge in [-0.2, -0.15) is 0 Å². The Morgan fingerprint density at radius 2 is 1.19 bits per heavy atom. The lowest BCUT2D eigenvalue weighted by atomic mass is 10.1. The molecule has 11 heteroatoms. The lowest BCUT2D eigenvalue weighted by molar-refractivity contribution is -0.139. The number of carbonyl (C=O) groups is 6. The largest absolute Gasteiger partial charge is 0.379 e. The Balaban J connectivity index is 1.36. The molecule has 0 aliphatic carbocycles.